The number of rotatable bonds is 2. The second-order valence-corrected chi connectivity index (χ2v) is 5.32. The third-order valence-corrected chi connectivity index (χ3v) is 3.87. The van der Waals surface area contributed by atoms with Crippen LogP contribution < -0.4 is 0 Å². The smallest absolute Gasteiger partial charge is 0.168 e. The van der Waals surface area contributed by atoms with Crippen molar-refractivity contribution in [1.29, 1.82) is 0 Å². The van der Waals surface area contributed by atoms with E-state index < -0.39 is 30.6 Å². The maximum absolute atomic E-state index is 10.4. The summed E-state index contributed by atoms with van der Waals surface area (Å²) in [5, 5.41) is 29.6. The summed E-state index contributed by atoms with van der Waals surface area (Å²) in [7, 11) is 0. The second-order valence-electron chi connectivity index (χ2n) is 4.94. The number of hydrogen-bond acceptors (Lipinski definition) is 7. The number of fused-ring (bicyclic) bond motifs is 1. The lowest BCUT2D eigenvalue weighted by atomic mass is 9.96. The van der Waals surface area contributed by atoms with E-state index in [9.17, 15) is 15.3 Å². The molecule has 0 radical (unpaired) electrons. The van der Waals surface area contributed by atoms with Crippen molar-refractivity contribution in [3.8, 4) is 0 Å². The molecule has 1 fully saturated rings. The van der Waals surface area contributed by atoms with Gasteiger partial charge in [0.1, 0.15) is 29.0 Å². The molecule has 0 bridgehead atoms. The van der Waals surface area contributed by atoms with E-state index >= 15 is 0 Å². The quantitative estimate of drug-likeness (QED) is 0.552. The van der Waals surface area contributed by atoms with Crippen LogP contribution in [0, 0.1) is 4.64 Å². The Morgan fingerprint density at radius 3 is 2.95 bits per heavy atom. The van der Waals surface area contributed by atoms with Gasteiger partial charge in [-0.25, -0.2) is 9.97 Å². The molecule has 4 atom stereocenters. The number of aliphatic hydroxyl groups excluding tert-OH is 2. The lowest BCUT2D eigenvalue weighted by Crippen LogP contribution is -2.44. The van der Waals surface area contributed by atoms with E-state index in [2.05, 4.69) is 15.0 Å². The number of imidazole rings is 1. The number of hydrogen-bond donors (Lipinski definition) is 4. The summed E-state index contributed by atoms with van der Waals surface area (Å²) in [5.74, 6) is 0. The Bertz CT molecular complexity index is 697. The minimum atomic E-state index is -1.57. The van der Waals surface area contributed by atoms with Crippen molar-refractivity contribution in [3.05, 3.63) is 17.3 Å². The van der Waals surface area contributed by atoms with Gasteiger partial charge in [-0.05, 0) is 6.92 Å². The molecule has 8 nitrogen and oxygen atoms in total. The van der Waals surface area contributed by atoms with Crippen molar-refractivity contribution < 1.29 is 20.1 Å². The first-order valence-electron chi connectivity index (χ1n) is 6.03. The molecule has 2 aromatic rings. The first kappa shape index (κ1) is 13.6. The largest absolute Gasteiger partial charge is 0.394 e. The molecule has 4 N–H and O–H groups in total. The summed E-state index contributed by atoms with van der Waals surface area (Å²) >= 11 is 5.07. The molecule has 0 aliphatic carbocycles. The van der Waals surface area contributed by atoms with Gasteiger partial charge in [0.2, 0.25) is 0 Å². The molecule has 3 rings (SSSR count). The van der Waals surface area contributed by atoms with Gasteiger partial charge in [-0.3, -0.25) is 4.57 Å². The van der Waals surface area contributed by atoms with Gasteiger partial charge in [-0.15, -0.1) is 0 Å². The van der Waals surface area contributed by atoms with Crippen LogP contribution in [0.25, 0.3) is 11.2 Å². The zero-order valence-corrected chi connectivity index (χ0v) is 11.4. The third kappa shape index (κ3) is 1.79. The van der Waals surface area contributed by atoms with E-state index in [0.717, 1.165) is 0 Å². The topological polar surface area (TPSA) is 116 Å². The fraction of sp³-hybridized carbons (Fsp3) is 0.545. The molecule has 20 heavy (non-hydrogen) atoms. The predicted molar refractivity (Wildman–Crippen MR) is 70.3 cm³/mol. The van der Waals surface area contributed by atoms with Crippen molar-refractivity contribution in [3.63, 3.8) is 0 Å². The first-order valence-corrected chi connectivity index (χ1v) is 6.44. The molecule has 3 heterocycles. The highest BCUT2D eigenvalue weighted by molar-refractivity contribution is 7.71. The first-order chi connectivity index (χ1) is 9.46. The van der Waals surface area contributed by atoms with E-state index in [-0.39, 0.29) is 0 Å². The van der Waals surface area contributed by atoms with Gasteiger partial charge in [0.15, 0.2) is 10.9 Å². The maximum Gasteiger partial charge on any atom is 0.168 e. The molecule has 0 amide bonds. The minimum absolute atomic E-state index is 0.328. The van der Waals surface area contributed by atoms with Gasteiger partial charge in [0, 0.05) is 0 Å². The highest BCUT2D eigenvalue weighted by atomic mass is 32.1. The van der Waals surface area contributed by atoms with Crippen LogP contribution in [0.5, 0.6) is 0 Å². The molecule has 0 saturated carbocycles. The van der Waals surface area contributed by atoms with E-state index in [1.54, 1.807) is 0 Å². The highest BCUT2D eigenvalue weighted by Gasteiger charge is 2.53. The summed E-state index contributed by atoms with van der Waals surface area (Å²) in [6.45, 7) is 1.05. The lowest BCUT2D eigenvalue weighted by molar-refractivity contribution is -0.0950. The molecule has 1 aliphatic heterocycles. The Morgan fingerprint density at radius 2 is 2.30 bits per heavy atom. The Balaban J connectivity index is 2.12. The molecule has 0 unspecified atom stereocenters. The fourth-order valence-corrected chi connectivity index (χ4v) is 2.64. The van der Waals surface area contributed by atoms with E-state index in [4.69, 9.17) is 17.0 Å². The van der Waals surface area contributed by atoms with Crippen LogP contribution in [0.2, 0.25) is 0 Å². The lowest BCUT2D eigenvalue weighted by Gasteiger charge is -2.27. The Kier molecular flexibility index (Phi) is 3.10. The van der Waals surface area contributed by atoms with Crippen molar-refractivity contribution in [1.82, 2.24) is 19.5 Å². The van der Waals surface area contributed by atoms with Crippen molar-refractivity contribution in [2.75, 3.05) is 6.61 Å². The van der Waals surface area contributed by atoms with Crippen LogP contribution in [0.15, 0.2) is 12.7 Å². The van der Waals surface area contributed by atoms with Crippen LogP contribution in [0.1, 0.15) is 13.2 Å². The molecule has 1 aliphatic rings. The van der Waals surface area contributed by atoms with E-state index in [1.807, 2.05) is 0 Å². The number of aromatic nitrogens is 4. The van der Waals surface area contributed by atoms with E-state index in [1.165, 1.54) is 24.1 Å². The van der Waals surface area contributed by atoms with Gasteiger partial charge in [0.25, 0.3) is 0 Å². The Labute approximate surface area is 118 Å². The minimum Gasteiger partial charge on any atom is -0.394 e. The molecule has 0 spiro atoms. The molecule has 9 heteroatoms. The number of nitrogens with one attached hydrogen (secondary N) is 1. The number of H-pyrrole nitrogens is 1. The summed E-state index contributed by atoms with van der Waals surface area (Å²) in [6, 6.07) is 0. The summed E-state index contributed by atoms with van der Waals surface area (Å²) < 4.78 is 7.39. The van der Waals surface area contributed by atoms with E-state index in [0.29, 0.717) is 15.8 Å². The number of aliphatic hydroxyl groups is 3. The van der Waals surface area contributed by atoms with Crippen LogP contribution >= 0.6 is 12.2 Å². The Hall–Kier alpha value is -1.39. The molecule has 1 saturated heterocycles. The average Bonchev–Trinajstić information content (AvgIpc) is 2.92. The average molecular weight is 298 g/mol. The number of ether oxygens (including phenoxy) is 1. The standard InChI is InChI=1S/C11H14N4O4S/c1-11(18)7(17)5(2-16)19-10(11)15-4-14-6-8(15)12-3-13-9(6)20/h3-5,7,10,16-18H,2H2,1H3,(H,12,13,20)/t5-,7-,10-,11-/m1/s1. The number of nitrogens with zero attached hydrogens (tertiary/aromatic N) is 3. The van der Waals surface area contributed by atoms with Crippen LogP contribution in [0.3, 0.4) is 0 Å². The zero-order chi connectivity index (χ0) is 14.5. The SMILES string of the molecule is C[C@@]1(O)[C@H](O)[C@@H](CO)O[C@H]1n1cnc2c(=S)nc[nH]c21. The van der Waals surface area contributed by atoms with Gasteiger partial charge in [-0.1, -0.05) is 12.2 Å². The van der Waals surface area contributed by atoms with Gasteiger partial charge < -0.3 is 25.0 Å². The Morgan fingerprint density at radius 1 is 1.55 bits per heavy atom. The zero-order valence-electron chi connectivity index (χ0n) is 10.6. The fourth-order valence-electron chi connectivity index (χ4n) is 2.44. The normalized spacial score (nSPS) is 33.9. The molecule has 108 valence electrons. The molecule has 0 aromatic carbocycles. The second kappa shape index (κ2) is 4.57. The van der Waals surface area contributed by atoms with Gasteiger partial charge in [-0.2, -0.15) is 0 Å². The summed E-state index contributed by atoms with van der Waals surface area (Å²) in [6.07, 6.45) is -0.0961. The summed E-state index contributed by atoms with van der Waals surface area (Å²) in [4.78, 5) is 10.9. The van der Waals surface area contributed by atoms with Crippen molar-refractivity contribution in [2.24, 2.45) is 0 Å². The van der Waals surface area contributed by atoms with Crippen LogP contribution in [-0.4, -0.2) is 59.3 Å². The van der Waals surface area contributed by atoms with Crippen molar-refractivity contribution >= 4 is 23.4 Å². The third-order valence-electron chi connectivity index (χ3n) is 3.57. The molecular weight excluding hydrogens is 284 g/mol. The number of aromatic amines is 1. The van der Waals surface area contributed by atoms with Crippen LogP contribution in [-0.2, 0) is 4.74 Å². The maximum atomic E-state index is 10.4. The molecule has 2 aromatic heterocycles. The summed E-state index contributed by atoms with van der Waals surface area (Å²) in [5.41, 5.74) is -0.565. The van der Waals surface area contributed by atoms with Crippen LogP contribution in [0.4, 0.5) is 0 Å². The van der Waals surface area contributed by atoms with Crippen molar-refractivity contribution in [2.45, 2.75) is 31.0 Å². The van der Waals surface area contributed by atoms with Gasteiger partial charge >= 0.3 is 0 Å². The van der Waals surface area contributed by atoms with Gasteiger partial charge in [0.05, 0.1) is 19.3 Å². The monoisotopic (exact) mass is 298 g/mol. The highest BCUT2D eigenvalue weighted by Crippen LogP contribution is 2.39. The predicted octanol–water partition coefficient (Wildman–Crippen LogP) is -0.510. The molecular formula is C11H14N4O4S.